The monoisotopic (exact) mass is 431 g/mol. The molecular formula is C28H33NO3. The van der Waals surface area contributed by atoms with Gasteiger partial charge in [0.25, 0.3) is 0 Å². The predicted octanol–water partition coefficient (Wildman–Crippen LogP) is 5.01. The molecule has 1 aliphatic rings. The molecule has 1 aliphatic heterocycles. The minimum Gasteiger partial charge on any atom is -0.493 e. The Labute approximate surface area is 191 Å². The van der Waals surface area contributed by atoms with Gasteiger partial charge in [-0.05, 0) is 48.6 Å². The molecule has 3 aromatic rings. The van der Waals surface area contributed by atoms with Gasteiger partial charge in [0.2, 0.25) is 0 Å². The second-order valence-electron chi connectivity index (χ2n) is 8.80. The van der Waals surface area contributed by atoms with Gasteiger partial charge in [-0.2, -0.15) is 0 Å². The molecule has 1 N–H and O–H groups in total. The van der Waals surface area contributed by atoms with Crippen LogP contribution in [0.1, 0.15) is 28.7 Å². The fraction of sp³-hybridized carbons (Fsp3) is 0.357. The molecule has 0 saturated carbocycles. The van der Waals surface area contributed by atoms with Crippen molar-refractivity contribution in [2.45, 2.75) is 39.0 Å². The van der Waals surface area contributed by atoms with Crippen molar-refractivity contribution in [2.24, 2.45) is 5.92 Å². The third kappa shape index (κ3) is 5.90. The first-order chi connectivity index (χ1) is 15.6. The van der Waals surface area contributed by atoms with E-state index in [1.54, 1.807) is 7.11 Å². The molecule has 0 aromatic heterocycles. The Morgan fingerprint density at radius 3 is 2.41 bits per heavy atom. The van der Waals surface area contributed by atoms with Crippen molar-refractivity contribution in [1.82, 2.24) is 4.90 Å². The average molecular weight is 432 g/mol. The van der Waals surface area contributed by atoms with Crippen LogP contribution in [0.25, 0.3) is 0 Å². The minimum atomic E-state index is -0.273. The Hall–Kier alpha value is -2.82. The zero-order chi connectivity index (χ0) is 22.3. The van der Waals surface area contributed by atoms with Crippen molar-refractivity contribution in [3.8, 4) is 11.5 Å². The van der Waals surface area contributed by atoms with Crippen LogP contribution in [0.5, 0.6) is 11.5 Å². The molecule has 2 atom stereocenters. The molecule has 1 fully saturated rings. The SMILES string of the molecule is COc1cc(CC2CN(Cc3ccccc3)CCC2O)ccc1OCc1ccc(C)cc1. The summed E-state index contributed by atoms with van der Waals surface area (Å²) in [6.07, 6.45) is 1.36. The topological polar surface area (TPSA) is 41.9 Å². The standard InChI is InChI=1S/C28H33NO3/c1-21-8-10-23(11-9-21)20-32-27-13-12-24(17-28(27)31-2)16-25-19-29(15-14-26(25)30)18-22-6-4-3-5-7-22/h3-13,17,25-26,30H,14-16,18-20H2,1-2H3. The van der Waals surface area contributed by atoms with E-state index in [4.69, 9.17) is 9.47 Å². The molecule has 0 aliphatic carbocycles. The van der Waals surface area contributed by atoms with Crippen LogP contribution in [-0.4, -0.2) is 36.3 Å². The van der Waals surface area contributed by atoms with Crippen molar-refractivity contribution < 1.29 is 14.6 Å². The summed E-state index contributed by atoms with van der Waals surface area (Å²) in [7, 11) is 1.68. The lowest BCUT2D eigenvalue weighted by Crippen LogP contribution is -2.43. The number of ether oxygens (including phenoxy) is 2. The molecule has 0 spiro atoms. The summed E-state index contributed by atoms with van der Waals surface area (Å²) in [5.74, 6) is 1.68. The van der Waals surface area contributed by atoms with Gasteiger partial charge in [-0.25, -0.2) is 0 Å². The molecule has 1 saturated heterocycles. The van der Waals surface area contributed by atoms with Gasteiger partial charge in [-0.1, -0.05) is 66.2 Å². The first-order valence-electron chi connectivity index (χ1n) is 11.4. The number of piperidine rings is 1. The van der Waals surface area contributed by atoms with E-state index in [-0.39, 0.29) is 12.0 Å². The Morgan fingerprint density at radius 1 is 0.906 bits per heavy atom. The van der Waals surface area contributed by atoms with Crippen LogP contribution in [0.15, 0.2) is 72.8 Å². The van der Waals surface area contributed by atoms with Gasteiger partial charge >= 0.3 is 0 Å². The molecule has 32 heavy (non-hydrogen) atoms. The first kappa shape index (κ1) is 22.4. The number of hydrogen-bond acceptors (Lipinski definition) is 4. The van der Waals surface area contributed by atoms with Crippen LogP contribution in [0.3, 0.4) is 0 Å². The molecule has 0 bridgehead atoms. The molecule has 0 radical (unpaired) electrons. The number of rotatable bonds is 8. The van der Waals surface area contributed by atoms with E-state index in [2.05, 4.69) is 66.4 Å². The van der Waals surface area contributed by atoms with Gasteiger partial charge in [0.1, 0.15) is 6.61 Å². The Morgan fingerprint density at radius 2 is 1.66 bits per heavy atom. The summed E-state index contributed by atoms with van der Waals surface area (Å²) in [6.45, 7) is 5.34. The molecule has 4 heteroatoms. The number of nitrogens with zero attached hydrogens (tertiary/aromatic N) is 1. The molecule has 4 nitrogen and oxygen atoms in total. The zero-order valence-corrected chi connectivity index (χ0v) is 19.0. The molecule has 0 amide bonds. The number of likely N-dealkylation sites (tertiary alicyclic amines) is 1. The maximum atomic E-state index is 10.6. The van der Waals surface area contributed by atoms with Crippen LogP contribution in [0.4, 0.5) is 0 Å². The number of aliphatic hydroxyl groups is 1. The number of hydrogen-bond donors (Lipinski definition) is 1. The minimum absolute atomic E-state index is 0.205. The van der Waals surface area contributed by atoms with Gasteiger partial charge in [-0.15, -0.1) is 0 Å². The first-order valence-corrected chi connectivity index (χ1v) is 11.4. The van der Waals surface area contributed by atoms with Crippen LogP contribution in [0, 0.1) is 12.8 Å². The maximum Gasteiger partial charge on any atom is 0.161 e. The number of benzene rings is 3. The smallest absolute Gasteiger partial charge is 0.161 e. The lowest BCUT2D eigenvalue weighted by atomic mass is 9.88. The van der Waals surface area contributed by atoms with E-state index in [1.807, 2.05) is 18.2 Å². The second-order valence-corrected chi connectivity index (χ2v) is 8.80. The molecule has 2 unspecified atom stereocenters. The highest BCUT2D eigenvalue weighted by Gasteiger charge is 2.28. The quantitative estimate of drug-likeness (QED) is 0.545. The fourth-order valence-corrected chi connectivity index (χ4v) is 4.39. The normalized spacial score (nSPS) is 19.0. The Kier molecular flexibility index (Phi) is 7.46. The third-order valence-corrected chi connectivity index (χ3v) is 6.27. The highest BCUT2D eigenvalue weighted by Crippen LogP contribution is 2.31. The van der Waals surface area contributed by atoms with Gasteiger partial charge in [0, 0.05) is 25.6 Å². The Balaban J connectivity index is 1.38. The van der Waals surface area contributed by atoms with Gasteiger partial charge in [0.05, 0.1) is 13.2 Å². The van der Waals surface area contributed by atoms with Crippen molar-refractivity contribution in [3.05, 3.63) is 95.1 Å². The van der Waals surface area contributed by atoms with Crippen LogP contribution in [-0.2, 0) is 19.6 Å². The van der Waals surface area contributed by atoms with Crippen LogP contribution >= 0.6 is 0 Å². The summed E-state index contributed by atoms with van der Waals surface area (Å²) in [4.78, 5) is 2.45. The zero-order valence-electron chi connectivity index (χ0n) is 19.0. The van der Waals surface area contributed by atoms with Crippen LogP contribution in [0.2, 0.25) is 0 Å². The highest BCUT2D eigenvalue weighted by molar-refractivity contribution is 5.43. The van der Waals surface area contributed by atoms with E-state index >= 15 is 0 Å². The van der Waals surface area contributed by atoms with Gasteiger partial charge in [0.15, 0.2) is 11.5 Å². The molecule has 1 heterocycles. The molecule has 4 rings (SSSR count). The summed E-state index contributed by atoms with van der Waals surface area (Å²) in [5, 5.41) is 10.6. The average Bonchev–Trinajstić information content (AvgIpc) is 2.82. The number of methoxy groups -OCH3 is 1. The van der Waals surface area contributed by atoms with E-state index in [0.29, 0.717) is 6.61 Å². The van der Waals surface area contributed by atoms with Crippen molar-refractivity contribution >= 4 is 0 Å². The van der Waals surface area contributed by atoms with Crippen LogP contribution < -0.4 is 9.47 Å². The van der Waals surface area contributed by atoms with Gasteiger partial charge < -0.3 is 14.6 Å². The van der Waals surface area contributed by atoms with E-state index < -0.39 is 0 Å². The largest absolute Gasteiger partial charge is 0.493 e. The van der Waals surface area contributed by atoms with Crippen molar-refractivity contribution in [2.75, 3.05) is 20.2 Å². The van der Waals surface area contributed by atoms with E-state index in [1.165, 1.54) is 11.1 Å². The molecule has 168 valence electrons. The lowest BCUT2D eigenvalue weighted by molar-refractivity contribution is 0.0239. The second kappa shape index (κ2) is 10.7. The Bertz CT molecular complexity index is 987. The third-order valence-electron chi connectivity index (χ3n) is 6.27. The number of aliphatic hydroxyl groups excluding tert-OH is 1. The van der Waals surface area contributed by atoms with Gasteiger partial charge in [-0.3, -0.25) is 4.90 Å². The molecule has 3 aromatic carbocycles. The fourth-order valence-electron chi connectivity index (χ4n) is 4.39. The predicted molar refractivity (Wildman–Crippen MR) is 128 cm³/mol. The summed E-state index contributed by atoms with van der Waals surface area (Å²) >= 11 is 0. The van der Waals surface area contributed by atoms with Crippen molar-refractivity contribution in [1.29, 1.82) is 0 Å². The van der Waals surface area contributed by atoms with E-state index in [0.717, 1.165) is 55.1 Å². The summed E-state index contributed by atoms with van der Waals surface area (Å²) in [5.41, 5.74) is 4.85. The summed E-state index contributed by atoms with van der Waals surface area (Å²) in [6, 6.07) is 25.0. The number of aryl methyl sites for hydroxylation is 1. The van der Waals surface area contributed by atoms with E-state index in [9.17, 15) is 5.11 Å². The maximum absolute atomic E-state index is 10.6. The van der Waals surface area contributed by atoms with Crippen molar-refractivity contribution in [3.63, 3.8) is 0 Å². The lowest BCUT2D eigenvalue weighted by Gasteiger charge is -2.36. The highest BCUT2D eigenvalue weighted by atomic mass is 16.5. The summed E-state index contributed by atoms with van der Waals surface area (Å²) < 4.78 is 11.6. The molecular weight excluding hydrogens is 398 g/mol.